The van der Waals surface area contributed by atoms with E-state index in [0.29, 0.717) is 15.8 Å². The van der Waals surface area contributed by atoms with Crippen molar-refractivity contribution >= 4 is 38.8 Å². The van der Waals surface area contributed by atoms with Gasteiger partial charge < -0.3 is 5.73 Å². The van der Waals surface area contributed by atoms with Crippen LogP contribution in [0.2, 0.25) is 5.02 Å². The molecule has 1 aromatic heterocycles. The number of aromatic nitrogens is 1. The van der Waals surface area contributed by atoms with Crippen molar-refractivity contribution in [3.8, 4) is 0 Å². The maximum Gasteiger partial charge on any atom is 0.416 e. The van der Waals surface area contributed by atoms with Gasteiger partial charge in [-0.05, 0) is 25.1 Å². The maximum atomic E-state index is 12.6. The van der Waals surface area contributed by atoms with Crippen molar-refractivity contribution in [3.63, 3.8) is 0 Å². The summed E-state index contributed by atoms with van der Waals surface area (Å²) in [7, 11) is 0. The van der Waals surface area contributed by atoms with E-state index in [1.165, 1.54) is 0 Å². The van der Waals surface area contributed by atoms with Crippen LogP contribution in [0, 0.1) is 6.92 Å². The summed E-state index contributed by atoms with van der Waals surface area (Å²) in [5.41, 5.74) is 5.15. The fourth-order valence-corrected chi connectivity index (χ4v) is 2.18. The van der Waals surface area contributed by atoms with E-state index in [1.807, 2.05) is 0 Å². The molecule has 0 atom stereocenters. The van der Waals surface area contributed by atoms with E-state index in [9.17, 15) is 13.2 Å². The average Bonchev–Trinajstić information content (AvgIpc) is 2.65. The van der Waals surface area contributed by atoms with Crippen molar-refractivity contribution in [1.29, 1.82) is 0 Å². The van der Waals surface area contributed by atoms with Gasteiger partial charge in [-0.2, -0.15) is 13.2 Å². The number of azo groups is 1. The van der Waals surface area contributed by atoms with Crippen LogP contribution in [-0.4, -0.2) is 4.98 Å². The molecule has 9 heteroatoms. The molecule has 0 aliphatic carbocycles. The Kier molecular flexibility index (Phi) is 3.96. The van der Waals surface area contributed by atoms with Gasteiger partial charge in [0.1, 0.15) is 5.69 Å². The van der Waals surface area contributed by atoms with Gasteiger partial charge in [-0.25, -0.2) is 4.98 Å². The number of rotatable bonds is 2. The molecule has 0 bridgehead atoms. The van der Waals surface area contributed by atoms with Crippen LogP contribution in [0.4, 0.5) is 29.0 Å². The van der Waals surface area contributed by atoms with Crippen molar-refractivity contribution in [3.05, 3.63) is 34.5 Å². The molecule has 4 nitrogen and oxygen atoms in total. The van der Waals surface area contributed by atoms with E-state index in [4.69, 9.17) is 17.3 Å². The van der Waals surface area contributed by atoms with E-state index < -0.39 is 11.7 Å². The number of alkyl halides is 3. The number of aryl methyl sites for hydroxylation is 1. The summed E-state index contributed by atoms with van der Waals surface area (Å²) in [6, 6.07) is 2.86. The minimum atomic E-state index is -4.46. The summed E-state index contributed by atoms with van der Waals surface area (Å²) in [4.78, 5) is 3.93. The van der Waals surface area contributed by atoms with Gasteiger partial charge in [0.2, 0.25) is 0 Å². The molecule has 1 heterocycles. The monoisotopic (exact) mass is 320 g/mol. The summed E-state index contributed by atoms with van der Waals surface area (Å²) >= 11 is 6.89. The van der Waals surface area contributed by atoms with Gasteiger partial charge in [-0.1, -0.05) is 22.9 Å². The van der Waals surface area contributed by atoms with Crippen LogP contribution in [0.15, 0.2) is 28.4 Å². The lowest BCUT2D eigenvalue weighted by atomic mass is 10.2. The number of nitrogens with two attached hydrogens (primary N) is 1. The average molecular weight is 321 g/mol. The number of thiazole rings is 1. The van der Waals surface area contributed by atoms with Gasteiger partial charge in [-0.15, -0.1) is 10.2 Å². The van der Waals surface area contributed by atoms with Crippen molar-refractivity contribution in [2.24, 2.45) is 10.2 Å². The van der Waals surface area contributed by atoms with Gasteiger partial charge >= 0.3 is 6.18 Å². The first kappa shape index (κ1) is 14.7. The van der Waals surface area contributed by atoms with Crippen molar-refractivity contribution < 1.29 is 13.2 Å². The first-order valence-corrected chi connectivity index (χ1v) is 6.48. The summed E-state index contributed by atoms with van der Waals surface area (Å²) in [6.45, 7) is 1.68. The zero-order chi connectivity index (χ0) is 14.9. The lowest BCUT2D eigenvalue weighted by molar-refractivity contribution is -0.137. The standard InChI is InChI=1S/C11H8ClF3N4S/c1-5-9(20-10(16)17-5)19-18-8-4-6(11(13,14)15)2-3-7(8)12/h2-4H,1H3,(H2,16,17). The van der Waals surface area contributed by atoms with Gasteiger partial charge in [-0.3, -0.25) is 0 Å². The third-order valence-corrected chi connectivity index (χ3v) is 3.50. The van der Waals surface area contributed by atoms with Crippen LogP contribution < -0.4 is 5.73 Å². The van der Waals surface area contributed by atoms with Crippen LogP contribution in [0.3, 0.4) is 0 Å². The Morgan fingerprint density at radius 1 is 1.30 bits per heavy atom. The number of hydrogen-bond donors (Lipinski definition) is 1. The molecule has 2 aromatic rings. The minimum Gasteiger partial charge on any atom is -0.375 e. The molecule has 2 N–H and O–H groups in total. The lowest BCUT2D eigenvalue weighted by Gasteiger charge is -2.07. The van der Waals surface area contributed by atoms with E-state index in [2.05, 4.69) is 15.2 Å². The molecular formula is C11H8ClF3N4S. The minimum absolute atomic E-state index is 0.0622. The molecule has 106 valence electrons. The predicted molar refractivity (Wildman–Crippen MR) is 71.9 cm³/mol. The third-order valence-electron chi connectivity index (χ3n) is 2.31. The summed E-state index contributed by atoms with van der Waals surface area (Å²) in [6.07, 6.45) is -4.46. The number of benzene rings is 1. The smallest absolute Gasteiger partial charge is 0.375 e. The fraction of sp³-hybridized carbons (Fsp3) is 0.182. The second-order valence-corrected chi connectivity index (χ2v) is 5.22. The second kappa shape index (κ2) is 5.37. The molecular weight excluding hydrogens is 313 g/mol. The first-order chi connectivity index (χ1) is 9.27. The molecule has 0 radical (unpaired) electrons. The van der Waals surface area contributed by atoms with Crippen LogP contribution in [-0.2, 0) is 6.18 Å². The normalized spacial score (nSPS) is 12.2. The summed E-state index contributed by atoms with van der Waals surface area (Å²) < 4.78 is 37.8. The SMILES string of the molecule is Cc1nc(N)sc1N=Nc1cc(C(F)(F)F)ccc1Cl. The third kappa shape index (κ3) is 3.26. The number of halogens is 4. The molecule has 0 aliphatic rings. The van der Waals surface area contributed by atoms with Crippen LogP contribution in [0.5, 0.6) is 0 Å². The molecule has 20 heavy (non-hydrogen) atoms. The Hall–Kier alpha value is -1.67. The topological polar surface area (TPSA) is 63.6 Å². The number of anilines is 1. The number of nitrogens with zero attached hydrogens (tertiary/aromatic N) is 3. The Balaban J connectivity index is 2.36. The van der Waals surface area contributed by atoms with Gasteiger partial charge in [0.25, 0.3) is 0 Å². The predicted octanol–water partition coefficient (Wildman–Crippen LogP) is 5.12. The highest BCUT2D eigenvalue weighted by molar-refractivity contribution is 7.19. The molecule has 1 aromatic carbocycles. The highest BCUT2D eigenvalue weighted by Gasteiger charge is 2.31. The molecule has 0 unspecified atom stereocenters. The van der Waals surface area contributed by atoms with Crippen LogP contribution >= 0.6 is 22.9 Å². The number of nitrogen functional groups attached to an aromatic ring is 1. The highest BCUT2D eigenvalue weighted by atomic mass is 35.5. The van der Waals surface area contributed by atoms with E-state index in [1.54, 1.807) is 6.92 Å². The molecule has 0 spiro atoms. The molecule has 0 aliphatic heterocycles. The second-order valence-electron chi connectivity index (χ2n) is 3.81. The summed E-state index contributed by atoms with van der Waals surface area (Å²) in [5, 5.41) is 8.38. The Morgan fingerprint density at radius 3 is 2.55 bits per heavy atom. The van der Waals surface area contributed by atoms with Crippen molar-refractivity contribution in [2.45, 2.75) is 13.1 Å². The molecule has 0 saturated carbocycles. The lowest BCUT2D eigenvalue weighted by Crippen LogP contribution is -2.03. The van der Waals surface area contributed by atoms with Gasteiger partial charge in [0.15, 0.2) is 10.1 Å². The molecule has 0 saturated heterocycles. The molecule has 2 rings (SSSR count). The Labute approximate surface area is 121 Å². The fourth-order valence-electron chi connectivity index (χ4n) is 1.37. The summed E-state index contributed by atoms with van der Waals surface area (Å²) in [5.74, 6) is 0. The van der Waals surface area contributed by atoms with E-state index in [0.717, 1.165) is 29.5 Å². The van der Waals surface area contributed by atoms with Crippen molar-refractivity contribution in [1.82, 2.24) is 4.98 Å². The van der Waals surface area contributed by atoms with E-state index in [-0.39, 0.29) is 10.7 Å². The quantitative estimate of drug-likeness (QED) is 0.780. The van der Waals surface area contributed by atoms with E-state index >= 15 is 0 Å². The zero-order valence-electron chi connectivity index (χ0n) is 10.1. The highest BCUT2D eigenvalue weighted by Crippen LogP contribution is 2.36. The largest absolute Gasteiger partial charge is 0.416 e. The molecule has 0 amide bonds. The Bertz CT molecular complexity index is 666. The maximum absolute atomic E-state index is 12.6. The Morgan fingerprint density at radius 2 is 2.00 bits per heavy atom. The van der Waals surface area contributed by atoms with Crippen LogP contribution in [0.1, 0.15) is 11.3 Å². The number of hydrogen-bond acceptors (Lipinski definition) is 5. The zero-order valence-corrected chi connectivity index (χ0v) is 11.6. The van der Waals surface area contributed by atoms with Gasteiger partial charge in [0, 0.05) is 0 Å². The van der Waals surface area contributed by atoms with Gasteiger partial charge in [0.05, 0.1) is 16.3 Å². The first-order valence-electron chi connectivity index (χ1n) is 5.29. The van der Waals surface area contributed by atoms with Crippen molar-refractivity contribution in [2.75, 3.05) is 5.73 Å². The van der Waals surface area contributed by atoms with Crippen LogP contribution in [0.25, 0.3) is 0 Å². The molecule has 0 fully saturated rings.